The number of anilines is 1. The summed E-state index contributed by atoms with van der Waals surface area (Å²) in [6, 6.07) is 15.6. The van der Waals surface area contributed by atoms with Crippen LogP contribution in [0.1, 0.15) is 25.7 Å². The Balaban J connectivity index is 1.30. The highest BCUT2D eigenvalue weighted by molar-refractivity contribution is 5.99. The van der Waals surface area contributed by atoms with Gasteiger partial charge in [-0.05, 0) is 62.6 Å². The van der Waals surface area contributed by atoms with Crippen LogP contribution in [0.15, 0.2) is 66.5 Å². The number of likely N-dealkylation sites (tertiary alicyclic amines) is 1. The Hall–Kier alpha value is -4.82. The van der Waals surface area contributed by atoms with Gasteiger partial charge in [0.05, 0.1) is 18.0 Å². The lowest BCUT2D eigenvalue weighted by Crippen LogP contribution is -2.39. The van der Waals surface area contributed by atoms with Crippen LogP contribution in [0.4, 0.5) is 10.2 Å². The number of nitrogens with zero attached hydrogens (tertiary/aromatic N) is 6. The number of ether oxygens (including phenoxy) is 1. The van der Waals surface area contributed by atoms with Gasteiger partial charge in [-0.3, -0.25) is 4.79 Å². The fourth-order valence-corrected chi connectivity index (χ4v) is 5.58. The van der Waals surface area contributed by atoms with E-state index in [2.05, 4.69) is 21.4 Å². The number of hydrogen-bond acceptors (Lipinski definition) is 8. The van der Waals surface area contributed by atoms with E-state index in [1.54, 1.807) is 39.9 Å². The number of nitrogen functional groups attached to an aromatic ring is 1. The summed E-state index contributed by atoms with van der Waals surface area (Å²) < 4.78 is 22.9. The summed E-state index contributed by atoms with van der Waals surface area (Å²) in [6.45, 7) is 1.74. The highest BCUT2D eigenvalue weighted by Gasteiger charge is 2.33. The lowest BCUT2D eigenvalue weighted by molar-refractivity contribution is -0.127. The summed E-state index contributed by atoms with van der Waals surface area (Å²) in [5.41, 5.74) is 7.38. The third kappa shape index (κ3) is 5.34. The minimum absolute atomic E-state index is 0.0336. The van der Waals surface area contributed by atoms with Crippen LogP contribution in [-0.2, 0) is 11.3 Å². The quantitative estimate of drug-likeness (QED) is 0.257. The molecule has 0 aliphatic carbocycles. The van der Waals surface area contributed by atoms with E-state index in [-0.39, 0.29) is 34.9 Å². The van der Waals surface area contributed by atoms with Gasteiger partial charge >= 0.3 is 0 Å². The van der Waals surface area contributed by atoms with Crippen molar-refractivity contribution in [3.63, 3.8) is 0 Å². The number of nitrogens with two attached hydrogens (primary N) is 1. The third-order valence-corrected chi connectivity index (χ3v) is 7.57. The second-order valence-corrected chi connectivity index (χ2v) is 10.2. The van der Waals surface area contributed by atoms with Gasteiger partial charge in [0, 0.05) is 24.2 Å². The summed E-state index contributed by atoms with van der Waals surface area (Å²) in [5, 5.41) is 18.2. The van der Waals surface area contributed by atoms with Crippen molar-refractivity contribution in [3.05, 3.63) is 72.3 Å². The number of benzene rings is 2. The molecule has 2 atom stereocenters. The van der Waals surface area contributed by atoms with Gasteiger partial charge in [-0.25, -0.2) is 19.0 Å². The predicted molar refractivity (Wildman–Crippen MR) is 151 cm³/mol. The number of carbonyl (C=O) groups is 1. The van der Waals surface area contributed by atoms with Crippen LogP contribution >= 0.6 is 0 Å². The van der Waals surface area contributed by atoms with Gasteiger partial charge in [0.2, 0.25) is 0 Å². The fraction of sp³-hybridized carbons (Fsp3) is 0.300. The Morgan fingerprint density at radius 1 is 1.17 bits per heavy atom. The van der Waals surface area contributed by atoms with Crippen LogP contribution < -0.4 is 15.8 Å². The second-order valence-electron chi connectivity index (χ2n) is 10.2. The monoisotopic (exact) mass is 552 g/mol. The average molecular weight is 553 g/mol. The van der Waals surface area contributed by atoms with Crippen LogP contribution in [0.3, 0.4) is 0 Å². The molecule has 41 heavy (non-hydrogen) atoms. The maximum atomic E-state index is 15.5. The standard InChI is InChI=1S/C30H29FN8O2/c31-25-15-23(41-22-8-2-1-3-9-22)10-11-24(25)27-26-28(33)35-18-36-29(26)39(37-27)17-21-7-5-13-38(21)30(40)19(16-32)14-20-6-4-12-34-20/h1-3,8-11,14-15,18,20-21,34H,4-7,12-13,17H2,(H2,33,35,36)/b19-14-/t20-,21-/m1/s1. The molecule has 208 valence electrons. The van der Waals surface area contributed by atoms with Crippen LogP contribution in [0.5, 0.6) is 11.5 Å². The van der Waals surface area contributed by atoms with E-state index in [9.17, 15) is 10.1 Å². The smallest absolute Gasteiger partial charge is 0.264 e. The molecular formula is C30H29FN8O2. The van der Waals surface area contributed by atoms with Gasteiger partial charge in [0.1, 0.15) is 46.8 Å². The summed E-state index contributed by atoms with van der Waals surface area (Å²) in [7, 11) is 0. The van der Waals surface area contributed by atoms with Gasteiger partial charge in [-0.2, -0.15) is 10.4 Å². The maximum absolute atomic E-state index is 15.5. The van der Waals surface area contributed by atoms with E-state index in [0.29, 0.717) is 41.3 Å². The Morgan fingerprint density at radius 3 is 2.78 bits per heavy atom. The molecule has 0 saturated carbocycles. The van der Waals surface area contributed by atoms with Crippen LogP contribution in [0, 0.1) is 17.1 Å². The number of nitrogens with one attached hydrogen (secondary N) is 1. The van der Waals surface area contributed by atoms with Crippen molar-refractivity contribution in [2.45, 2.75) is 44.3 Å². The lowest BCUT2D eigenvalue weighted by atomic mass is 10.1. The first kappa shape index (κ1) is 26.4. The lowest BCUT2D eigenvalue weighted by Gasteiger charge is -2.24. The first-order valence-electron chi connectivity index (χ1n) is 13.7. The van der Waals surface area contributed by atoms with Crippen molar-refractivity contribution >= 4 is 22.8 Å². The molecule has 0 radical (unpaired) electrons. The molecule has 2 aromatic carbocycles. The third-order valence-electron chi connectivity index (χ3n) is 7.57. The van der Waals surface area contributed by atoms with Crippen LogP contribution in [-0.4, -0.2) is 55.7 Å². The van der Waals surface area contributed by atoms with Gasteiger partial charge in [-0.1, -0.05) is 18.2 Å². The maximum Gasteiger partial charge on any atom is 0.264 e. The van der Waals surface area contributed by atoms with Crippen molar-refractivity contribution in [1.29, 1.82) is 5.26 Å². The second kappa shape index (κ2) is 11.3. The molecule has 11 heteroatoms. The summed E-state index contributed by atoms with van der Waals surface area (Å²) in [4.78, 5) is 23.7. The Labute approximate surface area is 236 Å². The molecule has 2 aliphatic rings. The molecule has 0 unspecified atom stereocenters. The number of carbonyl (C=O) groups excluding carboxylic acids is 1. The number of para-hydroxylation sites is 1. The Kier molecular flexibility index (Phi) is 7.31. The van der Waals surface area contributed by atoms with Gasteiger partial charge in [0.25, 0.3) is 5.91 Å². The van der Waals surface area contributed by atoms with E-state index in [0.717, 1.165) is 32.2 Å². The molecular weight excluding hydrogens is 523 g/mol. The molecule has 6 rings (SSSR count). The number of hydrogen-bond donors (Lipinski definition) is 2. The summed E-state index contributed by atoms with van der Waals surface area (Å²) in [6.07, 6.45) is 6.55. The largest absolute Gasteiger partial charge is 0.457 e. The molecule has 0 bridgehead atoms. The zero-order valence-electron chi connectivity index (χ0n) is 22.3. The van der Waals surface area contributed by atoms with Crippen molar-refractivity contribution in [3.8, 4) is 28.8 Å². The molecule has 1 amide bonds. The highest BCUT2D eigenvalue weighted by Crippen LogP contribution is 2.35. The molecule has 2 saturated heterocycles. The van der Waals surface area contributed by atoms with Crippen LogP contribution in [0.25, 0.3) is 22.3 Å². The number of fused-ring (bicyclic) bond motifs is 1. The highest BCUT2D eigenvalue weighted by atomic mass is 19.1. The van der Waals surface area contributed by atoms with E-state index < -0.39 is 5.82 Å². The first-order chi connectivity index (χ1) is 20.0. The van der Waals surface area contributed by atoms with Crippen molar-refractivity contribution in [2.75, 3.05) is 18.8 Å². The van der Waals surface area contributed by atoms with Gasteiger partial charge < -0.3 is 20.7 Å². The Morgan fingerprint density at radius 2 is 2.02 bits per heavy atom. The van der Waals surface area contributed by atoms with E-state index >= 15 is 4.39 Å². The zero-order valence-corrected chi connectivity index (χ0v) is 22.3. The SMILES string of the molecule is N#C/C(=C/[C@H]1CCCN1)C(=O)N1CCC[C@@H]1Cn1nc(-c2ccc(Oc3ccccc3)cc2F)c2c(N)ncnc21. The molecule has 2 aliphatic heterocycles. The predicted octanol–water partition coefficient (Wildman–Crippen LogP) is 4.20. The van der Waals surface area contributed by atoms with E-state index in [4.69, 9.17) is 15.6 Å². The minimum Gasteiger partial charge on any atom is -0.457 e. The molecule has 4 heterocycles. The molecule has 3 N–H and O–H groups in total. The van der Waals surface area contributed by atoms with Crippen molar-refractivity contribution < 1.29 is 13.9 Å². The van der Waals surface area contributed by atoms with Gasteiger partial charge in [-0.15, -0.1) is 0 Å². The van der Waals surface area contributed by atoms with Crippen LogP contribution in [0.2, 0.25) is 0 Å². The zero-order chi connectivity index (χ0) is 28.3. The normalized spacial score (nSPS) is 19.0. The van der Waals surface area contributed by atoms with E-state index in [1.807, 2.05) is 18.2 Å². The number of aromatic nitrogens is 4. The van der Waals surface area contributed by atoms with Crippen molar-refractivity contribution in [2.24, 2.45) is 0 Å². The fourth-order valence-electron chi connectivity index (χ4n) is 5.58. The number of rotatable bonds is 7. The van der Waals surface area contributed by atoms with Gasteiger partial charge in [0.15, 0.2) is 5.65 Å². The number of nitriles is 1. The van der Waals surface area contributed by atoms with E-state index in [1.165, 1.54) is 12.4 Å². The summed E-state index contributed by atoms with van der Waals surface area (Å²) in [5.74, 6) is 0.305. The number of amides is 1. The topological polar surface area (TPSA) is 135 Å². The summed E-state index contributed by atoms with van der Waals surface area (Å²) >= 11 is 0. The number of halogens is 1. The Bertz CT molecular complexity index is 1660. The molecule has 10 nitrogen and oxygen atoms in total. The molecule has 2 fully saturated rings. The minimum atomic E-state index is -0.532. The molecule has 4 aromatic rings. The first-order valence-corrected chi connectivity index (χ1v) is 13.7. The van der Waals surface area contributed by atoms with Crippen molar-refractivity contribution in [1.82, 2.24) is 30.0 Å². The average Bonchev–Trinajstić information content (AvgIpc) is 3.74. The molecule has 2 aromatic heterocycles. The molecule has 0 spiro atoms.